The Morgan fingerprint density at radius 2 is 1.79 bits per heavy atom. The molecule has 4 rings (SSSR count). The Morgan fingerprint density at radius 1 is 1.06 bits per heavy atom. The van der Waals surface area contributed by atoms with Gasteiger partial charge in [0.15, 0.2) is 0 Å². The lowest BCUT2D eigenvalue weighted by atomic mass is 9.97. The molecule has 6 nitrogen and oxygen atoms in total. The molecule has 1 aromatic carbocycles. The molecule has 12 heteroatoms. The number of benzene rings is 1. The Hall–Kier alpha value is -1.63. The number of carbonyl (C=O) groups excluding carboxylic acids is 1. The SMILES string of the molecule is O=C([C@@H]1CCCN(S(=O)(=O)c2ccc(Br)s2)C1)N1CCN(c2cccc(C(F)(F)F)c2)CC1. The number of amides is 1. The van der Waals surface area contributed by atoms with Crippen LogP contribution >= 0.6 is 27.3 Å². The first kappa shape index (κ1) is 24.5. The summed E-state index contributed by atoms with van der Waals surface area (Å²) in [4.78, 5) is 16.7. The van der Waals surface area contributed by atoms with Gasteiger partial charge in [-0.1, -0.05) is 6.07 Å². The van der Waals surface area contributed by atoms with E-state index in [4.69, 9.17) is 0 Å². The number of sulfonamides is 1. The Bertz CT molecular complexity index is 1120. The average Bonchev–Trinajstić information content (AvgIpc) is 3.25. The Morgan fingerprint density at radius 3 is 2.42 bits per heavy atom. The molecule has 1 amide bonds. The molecule has 2 aromatic rings. The summed E-state index contributed by atoms with van der Waals surface area (Å²) in [5.74, 6) is -0.511. The van der Waals surface area contributed by atoms with E-state index >= 15 is 0 Å². The highest BCUT2D eigenvalue weighted by molar-refractivity contribution is 9.11. The summed E-state index contributed by atoms with van der Waals surface area (Å²) in [5.41, 5.74) is -0.214. The van der Waals surface area contributed by atoms with E-state index < -0.39 is 27.7 Å². The molecule has 2 saturated heterocycles. The number of alkyl halides is 3. The topological polar surface area (TPSA) is 60.9 Å². The Labute approximate surface area is 203 Å². The van der Waals surface area contributed by atoms with Gasteiger partial charge in [-0.05, 0) is 59.1 Å². The first-order chi connectivity index (χ1) is 15.6. The van der Waals surface area contributed by atoms with E-state index in [1.165, 1.54) is 10.4 Å². The van der Waals surface area contributed by atoms with Crippen molar-refractivity contribution < 1.29 is 26.4 Å². The van der Waals surface area contributed by atoms with Crippen LogP contribution in [-0.4, -0.2) is 62.8 Å². The first-order valence-electron chi connectivity index (χ1n) is 10.5. The van der Waals surface area contributed by atoms with Gasteiger partial charge in [0.05, 0.1) is 15.3 Å². The van der Waals surface area contributed by atoms with Crippen LogP contribution in [0.1, 0.15) is 18.4 Å². The molecule has 2 aliphatic heterocycles. The number of hydrogen-bond acceptors (Lipinski definition) is 5. The van der Waals surface area contributed by atoms with Crippen LogP contribution in [0.3, 0.4) is 0 Å². The highest BCUT2D eigenvalue weighted by atomic mass is 79.9. The van der Waals surface area contributed by atoms with Crippen LogP contribution in [0.5, 0.6) is 0 Å². The maximum Gasteiger partial charge on any atom is 0.416 e. The lowest BCUT2D eigenvalue weighted by Crippen LogP contribution is -2.53. The third-order valence-electron chi connectivity index (χ3n) is 6.01. The molecule has 0 radical (unpaired) electrons. The third-order valence-corrected chi connectivity index (χ3v) is 9.96. The van der Waals surface area contributed by atoms with Crippen molar-refractivity contribution in [1.29, 1.82) is 0 Å². The van der Waals surface area contributed by atoms with Crippen molar-refractivity contribution in [2.24, 2.45) is 5.92 Å². The standard InChI is InChI=1S/C21H23BrF3N3O3S2/c22-18-6-7-19(32-18)33(30,31)28-8-2-3-15(14-28)20(29)27-11-9-26(10-12-27)17-5-1-4-16(13-17)21(23,24)25/h1,4-7,13,15H,2-3,8-12,14H2/t15-/m1/s1. The number of piperazine rings is 1. The quantitative estimate of drug-likeness (QED) is 0.555. The molecule has 0 saturated carbocycles. The summed E-state index contributed by atoms with van der Waals surface area (Å²) in [6.07, 6.45) is -3.18. The van der Waals surface area contributed by atoms with E-state index in [1.54, 1.807) is 23.1 Å². The molecule has 0 spiro atoms. The summed E-state index contributed by atoms with van der Waals surface area (Å²) in [6.45, 7) is 2.14. The van der Waals surface area contributed by atoms with Crippen molar-refractivity contribution in [2.75, 3.05) is 44.2 Å². The van der Waals surface area contributed by atoms with Gasteiger partial charge < -0.3 is 9.80 Å². The number of piperidine rings is 1. The summed E-state index contributed by atoms with van der Waals surface area (Å²) in [7, 11) is -3.65. The predicted octanol–water partition coefficient (Wildman–Crippen LogP) is 4.28. The van der Waals surface area contributed by atoms with Crippen LogP contribution in [0.4, 0.5) is 18.9 Å². The second-order valence-corrected chi connectivity index (χ2v) is 12.7. The zero-order valence-electron chi connectivity index (χ0n) is 17.6. The molecule has 2 fully saturated rings. The number of carbonyl (C=O) groups is 1. The third kappa shape index (κ3) is 5.39. The van der Waals surface area contributed by atoms with Crippen molar-refractivity contribution in [3.8, 4) is 0 Å². The van der Waals surface area contributed by atoms with E-state index in [-0.39, 0.29) is 16.7 Å². The number of hydrogen-bond donors (Lipinski definition) is 0. The Kier molecular flexibility index (Phi) is 7.09. The van der Waals surface area contributed by atoms with Gasteiger partial charge in [-0.2, -0.15) is 17.5 Å². The summed E-state index contributed by atoms with van der Waals surface area (Å²) in [5, 5.41) is 0. The molecule has 0 aliphatic carbocycles. The van der Waals surface area contributed by atoms with Gasteiger partial charge in [0.2, 0.25) is 5.91 Å². The molecule has 1 aromatic heterocycles. The van der Waals surface area contributed by atoms with E-state index in [1.807, 2.05) is 4.90 Å². The average molecular weight is 566 g/mol. The van der Waals surface area contributed by atoms with Gasteiger partial charge in [-0.3, -0.25) is 4.79 Å². The fourth-order valence-electron chi connectivity index (χ4n) is 4.25. The normalized spacial score (nSPS) is 20.8. The van der Waals surface area contributed by atoms with Gasteiger partial charge in [-0.15, -0.1) is 11.3 Å². The molecule has 180 valence electrons. The van der Waals surface area contributed by atoms with Crippen molar-refractivity contribution >= 4 is 48.9 Å². The molecule has 0 bridgehead atoms. The molecular weight excluding hydrogens is 543 g/mol. The predicted molar refractivity (Wildman–Crippen MR) is 124 cm³/mol. The van der Waals surface area contributed by atoms with E-state index in [2.05, 4.69) is 15.9 Å². The maximum atomic E-state index is 13.1. The largest absolute Gasteiger partial charge is 0.416 e. The molecule has 0 N–H and O–H groups in total. The molecule has 3 heterocycles. The van der Waals surface area contributed by atoms with Crippen LogP contribution in [-0.2, 0) is 21.0 Å². The van der Waals surface area contributed by atoms with Gasteiger partial charge in [0.1, 0.15) is 4.21 Å². The van der Waals surface area contributed by atoms with Crippen molar-refractivity contribution in [1.82, 2.24) is 9.21 Å². The number of thiophene rings is 1. The van der Waals surface area contributed by atoms with Crippen LogP contribution in [0.25, 0.3) is 0 Å². The summed E-state index contributed by atoms with van der Waals surface area (Å²) < 4.78 is 67.3. The van der Waals surface area contributed by atoms with E-state index in [0.717, 1.165) is 27.3 Å². The van der Waals surface area contributed by atoms with Crippen molar-refractivity contribution in [2.45, 2.75) is 23.2 Å². The Balaban J connectivity index is 1.38. The summed E-state index contributed by atoms with van der Waals surface area (Å²) in [6, 6.07) is 8.44. The van der Waals surface area contributed by atoms with Crippen molar-refractivity contribution in [3.05, 3.63) is 45.7 Å². The maximum absolute atomic E-state index is 13.1. The minimum atomic E-state index is -4.40. The number of anilines is 1. The fraction of sp³-hybridized carbons (Fsp3) is 0.476. The second kappa shape index (κ2) is 9.55. The lowest BCUT2D eigenvalue weighted by molar-refractivity contribution is -0.137. The minimum Gasteiger partial charge on any atom is -0.368 e. The van der Waals surface area contributed by atoms with Crippen LogP contribution < -0.4 is 4.90 Å². The van der Waals surface area contributed by atoms with E-state index in [0.29, 0.717) is 51.3 Å². The van der Waals surface area contributed by atoms with Crippen LogP contribution in [0.15, 0.2) is 44.4 Å². The second-order valence-electron chi connectivity index (χ2n) is 8.12. The van der Waals surface area contributed by atoms with Crippen LogP contribution in [0.2, 0.25) is 0 Å². The highest BCUT2D eigenvalue weighted by Gasteiger charge is 2.37. The first-order valence-corrected chi connectivity index (χ1v) is 13.6. The summed E-state index contributed by atoms with van der Waals surface area (Å²) >= 11 is 4.43. The minimum absolute atomic E-state index is 0.0917. The fourth-order valence-corrected chi connectivity index (χ4v) is 7.94. The van der Waals surface area contributed by atoms with Gasteiger partial charge in [0.25, 0.3) is 10.0 Å². The smallest absolute Gasteiger partial charge is 0.368 e. The van der Waals surface area contributed by atoms with Crippen molar-refractivity contribution in [3.63, 3.8) is 0 Å². The number of rotatable bonds is 4. The van der Waals surface area contributed by atoms with Gasteiger partial charge in [-0.25, -0.2) is 8.42 Å². The molecule has 0 unspecified atom stereocenters. The molecule has 1 atom stereocenters. The van der Waals surface area contributed by atoms with E-state index in [9.17, 15) is 26.4 Å². The highest BCUT2D eigenvalue weighted by Crippen LogP contribution is 2.33. The number of halogens is 4. The van der Waals surface area contributed by atoms with Crippen LogP contribution in [0, 0.1) is 5.92 Å². The monoisotopic (exact) mass is 565 g/mol. The number of nitrogens with zero attached hydrogens (tertiary/aromatic N) is 3. The zero-order valence-corrected chi connectivity index (χ0v) is 20.8. The zero-order chi connectivity index (χ0) is 23.8. The molecular formula is C21H23BrF3N3O3S2. The van der Waals surface area contributed by atoms with Gasteiger partial charge >= 0.3 is 6.18 Å². The molecule has 2 aliphatic rings. The lowest BCUT2D eigenvalue weighted by Gasteiger charge is -2.39. The van der Waals surface area contributed by atoms with Gasteiger partial charge in [0, 0.05) is 45.0 Å². The molecule has 33 heavy (non-hydrogen) atoms.